The molecular formula is C23H25FN2O6S. The van der Waals surface area contributed by atoms with Crippen molar-refractivity contribution in [2.45, 2.75) is 30.3 Å². The maximum absolute atomic E-state index is 13.2. The smallest absolute Gasteiger partial charge is 0.299 e. The van der Waals surface area contributed by atoms with Gasteiger partial charge in [-0.2, -0.15) is 4.31 Å². The van der Waals surface area contributed by atoms with Crippen molar-refractivity contribution in [3.05, 3.63) is 53.6 Å². The summed E-state index contributed by atoms with van der Waals surface area (Å²) in [5.74, 6) is -0.945. The van der Waals surface area contributed by atoms with Crippen LogP contribution in [-0.2, 0) is 26.1 Å². The molecule has 1 fully saturated rings. The van der Waals surface area contributed by atoms with Crippen LogP contribution in [0, 0.1) is 0 Å². The summed E-state index contributed by atoms with van der Waals surface area (Å²) >= 11 is 0. The Morgan fingerprint density at radius 2 is 1.88 bits per heavy atom. The Morgan fingerprint density at radius 1 is 1.12 bits per heavy atom. The van der Waals surface area contributed by atoms with Crippen LogP contribution in [0.1, 0.15) is 28.8 Å². The van der Waals surface area contributed by atoms with E-state index in [1.54, 1.807) is 24.3 Å². The lowest BCUT2D eigenvalue weighted by molar-refractivity contribution is -0.114. The number of hydrogen-bond donors (Lipinski definition) is 0. The SMILES string of the molecule is COC[C@@H]1CCCN1S(=O)(=O)c1ccc2c(c1)C(=O)C(=O)N2Cc1ccc(OCC[18F])cc1. The standard InChI is InChI=1S/C23H25FN2O6S/c1-31-15-17-3-2-11-26(17)33(29,30)19-8-9-21-20(13-19)22(27)23(28)25(21)14-16-4-6-18(7-5-16)32-12-10-24/h4-9,13,17H,2-3,10-12,14-15H2,1H3/t17-/m0/s1/i24-1. The van der Waals surface area contributed by atoms with Crippen molar-refractivity contribution in [1.82, 2.24) is 4.31 Å². The Bertz CT molecular complexity index is 1150. The molecule has 0 unspecified atom stereocenters. The average molecular weight is 476 g/mol. The zero-order chi connectivity index (χ0) is 23.6. The van der Waals surface area contributed by atoms with E-state index in [0.717, 1.165) is 12.0 Å². The van der Waals surface area contributed by atoms with E-state index in [-0.39, 0.29) is 29.7 Å². The highest BCUT2D eigenvalue weighted by atomic mass is 32.2. The summed E-state index contributed by atoms with van der Waals surface area (Å²) in [6.07, 6.45) is 1.45. The predicted octanol–water partition coefficient (Wildman–Crippen LogP) is 2.56. The summed E-state index contributed by atoms with van der Waals surface area (Å²) in [4.78, 5) is 26.6. The lowest BCUT2D eigenvalue weighted by atomic mass is 10.1. The first-order valence-corrected chi connectivity index (χ1v) is 12.1. The molecule has 176 valence electrons. The van der Waals surface area contributed by atoms with Crippen molar-refractivity contribution < 1.29 is 31.9 Å². The van der Waals surface area contributed by atoms with Crippen molar-refractivity contribution in [2.24, 2.45) is 0 Å². The Labute approximate surface area is 191 Å². The number of methoxy groups -OCH3 is 1. The molecule has 4 rings (SSSR count). The van der Waals surface area contributed by atoms with Gasteiger partial charge in [0.1, 0.15) is 19.0 Å². The van der Waals surface area contributed by atoms with Gasteiger partial charge in [-0.3, -0.25) is 9.59 Å². The molecule has 1 amide bonds. The van der Waals surface area contributed by atoms with E-state index in [0.29, 0.717) is 31.0 Å². The van der Waals surface area contributed by atoms with Crippen molar-refractivity contribution >= 4 is 27.4 Å². The summed E-state index contributed by atoms with van der Waals surface area (Å²) < 4.78 is 50.4. The van der Waals surface area contributed by atoms with Gasteiger partial charge in [-0.15, -0.1) is 0 Å². The third kappa shape index (κ3) is 4.50. The molecule has 0 aromatic heterocycles. The number of carbonyl (C=O) groups excluding carboxylic acids is 2. The first kappa shape index (κ1) is 23.3. The molecule has 0 saturated carbocycles. The molecule has 0 N–H and O–H groups in total. The summed E-state index contributed by atoms with van der Waals surface area (Å²) in [7, 11) is -2.30. The van der Waals surface area contributed by atoms with E-state index in [4.69, 9.17) is 9.47 Å². The van der Waals surface area contributed by atoms with Gasteiger partial charge in [0.15, 0.2) is 0 Å². The van der Waals surface area contributed by atoms with Gasteiger partial charge in [0.05, 0.1) is 29.3 Å². The number of halogens is 1. The van der Waals surface area contributed by atoms with Crippen molar-refractivity contribution in [3.63, 3.8) is 0 Å². The van der Waals surface area contributed by atoms with Gasteiger partial charge in [-0.25, -0.2) is 12.8 Å². The molecular weight excluding hydrogens is 450 g/mol. The minimum Gasteiger partial charge on any atom is -0.491 e. The fourth-order valence-electron chi connectivity index (χ4n) is 4.25. The van der Waals surface area contributed by atoms with Crippen LogP contribution >= 0.6 is 0 Å². The van der Waals surface area contributed by atoms with E-state index in [2.05, 4.69) is 0 Å². The third-order valence-corrected chi connectivity index (χ3v) is 7.79. The number of ketones is 1. The number of benzene rings is 2. The number of hydrogen-bond acceptors (Lipinski definition) is 6. The van der Waals surface area contributed by atoms with Gasteiger partial charge in [0, 0.05) is 19.7 Å². The molecule has 2 aliphatic heterocycles. The minimum atomic E-state index is -3.83. The van der Waals surface area contributed by atoms with Crippen LogP contribution in [0.5, 0.6) is 5.75 Å². The predicted molar refractivity (Wildman–Crippen MR) is 119 cm³/mol. The zero-order valence-electron chi connectivity index (χ0n) is 18.2. The molecule has 10 heteroatoms. The van der Waals surface area contributed by atoms with Gasteiger partial charge in [0.2, 0.25) is 10.0 Å². The minimum absolute atomic E-state index is 0.0124. The summed E-state index contributed by atoms with van der Waals surface area (Å²) in [5, 5.41) is 0. The number of alkyl halides is 1. The van der Waals surface area contributed by atoms with E-state index in [9.17, 15) is 22.4 Å². The highest BCUT2D eigenvalue weighted by molar-refractivity contribution is 7.89. The lowest BCUT2D eigenvalue weighted by Crippen LogP contribution is -2.38. The molecule has 2 heterocycles. The zero-order valence-corrected chi connectivity index (χ0v) is 19.0. The fraction of sp³-hybridized carbons (Fsp3) is 0.391. The van der Waals surface area contributed by atoms with Gasteiger partial charge < -0.3 is 14.4 Å². The van der Waals surface area contributed by atoms with Crippen molar-refractivity contribution in [3.8, 4) is 5.75 Å². The number of carbonyl (C=O) groups is 2. The average Bonchev–Trinajstić information content (AvgIpc) is 3.38. The highest BCUT2D eigenvalue weighted by Gasteiger charge is 2.39. The van der Waals surface area contributed by atoms with E-state index < -0.39 is 28.4 Å². The van der Waals surface area contributed by atoms with Gasteiger partial charge in [0.25, 0.3) is 11.7 Å². The number of nitrogens with zero attached hydrogens (tertiary/aromatic N) is 2. The number of amides is 1. The number of fused-ring (bicyclic) bond motifs is 1. The molecule has 2 aromatic rings. The van der Waals surface area contributed by atoms with Crippen LogP contribution in [0.15, 0.2) is 47.4 Å². The molecule has 8 nitrogen and oxygen atoms in total. The Hall–Kier alpha value is -2.82. The molecule has 2 aromatic carbocycles. The molecule has 0 bridgehead atoms. The maximum atomic E-state index is 13.2. The second-order valence-corrected chi connectivity index (χ2v) is 9.84. The molecule has 33 heavy (non-hydrogen) atoms. The van der Waals surface area contributed by atoms with E-state index >= 15 is 0 Å². The molecule has 0 spiro atoms. The lowest BCUT2D eigenvalue weighted by Gasteiger charge is -2.24. The second kappa shape index (κ2) is 9.58. The van der Waals surface area contributed by atoms with E-state index in [1.165, 1.54) is 34.5 Å². The van der Waals surface area contributed by atoms with Crippen LogP contribution in [0.2, 0.25) is 0 Å². The number of sulfonamides is 1. The molecule has 0 radical (unpaired) electrons. The van der Waals surface area contributed by atoms with Gasteiger partial charge in [-0.1, -0.05) is 12.1 Å². The first-order chi connectivity index (χ1) is 15.9. The normalized spacial score (nSPS) is 18.7. The highest BCUT2D eigenvalue weighted by Crippen LogP contribution is 2.34. The third-order valence-electron chi connectivity index (χ3n) is 5.84. The Morgan fingerprint density at radius 3 is 2.58 bits per heavy atom. The molecule has 0 aliphatic carbocycles. The largest absolute Gasteiger partial charge is 0.491 e. The number of Topliss-reactive ketones (excluding diaryl/α,β-unsaturated/α-hetero) is 1. The molecule has 2 aliphatic rings. The van der Waals surface area contributed by atoms with Gasteiger partial charge in [-0.05, 0) is 48.7 Å². The summed E-state index contributed by atoms with van der Waals surface area (Å²) in [6, 6.07) is 10.8. The van der Waals surface area contributed by atoms with Crippen LogP contribution in [0.4, 0.5) is 10.1 Å². The Kier molecular flexibility index (Phi) is 6.78. The topological polar surface area (TPSA) is 93.2 Å². The van der Waals surface area contributed by atoms with Gasteiger partial charge >= 0.3 is 0 Å². The second-order valence-electron chi connectivity index (χ2n) is 7.95. The van der Waals surface area contributed by atoms with Crippen LogP contribution in [-0.4, -0.2) is 64.0 Å². The molecule has 1 saturated heterocycles. The van der Waals surface area contributed by atoms with Crippen LogP contribution in [0.25, 0.3) is 0 Å². The quantitative estimate of drug-likeness (QED) is 0.518. The van der Waals surface area contributed by atoms with E-state index in [1.807, 2.05) is 0 Å². The monoisotopic (exact) mass is 475 g/mol. The number of anilines is 1. The molecule has 1 atom stereocenters. The maximum Gasteiger partial charge on any atom is 0.299 e. The number of ether oxygens (including phenoxy) is 2. The summed E-state index contributed by atoms with van der Waals surface area (Å²) in [5.41, 5.74) is 1.19. The van der Waals surface area contributed by atoms with Crippen LogP contribution in [0.3, 0.4) is 0 Å². The van der Waals surface area contributed by atoms with Crippen LogP contribution < -0.4 is 9.64 Å². The first-order valence-electron chi connectivity index (χ1n) is 10.7. The summed E-state index contributed by atoms with van der Waals surface area (Å²) in [6.45, 7) is 0.186. The van der Waals surface area contributed by atoms with Crippen molar-refractivity contribution in [2.75, 3.05) is 38.4 Å². The Balaban J connectivity index is 1.58. The van der Waals surface area contributed by atoms with Crippen molar-refractivity contribution in [1.29, 1.82) is 0 Å². The number of rotatable bonds is 9. The fourth-order valence-corrected chi connectivity index (χ4v) is 5.95.